The van der Waals surface area contributed by atoms with Crippen LogP contribution in [0.2, 0.25) is 0 Å². The Morgan fingerprint density at radius 3 is 2.72 bits per heavy atom. The van der Waals surface area contributed by atoms with Gasteiger partial charge in [-0.15, -0.1) is 0 Å². The number of rotatable bonds is 3. The van der Waals surface area contributed by atoms with Gasteiger partial charge in [-0.1, -0.05) is 6.07 Å². The van der Waals surface area contributed by atoms with Crippen molar-refractivity contribution in [3.63, 3.8) is 0 Å². The Morgan fingerprint density at radius 1 is 1.28 bits per heavy atom. The predicted octanol–water partition coefficient (Wildman–Crippen LogP) is 0.188. The van der Waals surface area contributed by atoms with Gasteiger partial charge < -0.3 is 0 Å². The maximum Gasteiger partial charge on any atom is 0.435 e. The SMILES string of the molecule is NC(=[NH+]C(=O)Cn1nc(C(F)(F)F)c2c1CCCC2)c1ccccn1. The van der Waals surface area contributed by atoms with E-state index in [9.17, 15) is 18.0 Å². The van der Waals surface area contributed by atoms with E-state index < -0.39 is 17.8 Å². The van der Waals surface area contributed by atoms with E-state index in [-0.39, 0.29) is 17.9 Å². The van der Waals surface area contributed by atoms with Gasteiger partial charge in [-0.05, 0) is 37.8 Å². The standard InChI is InChI=1S/C16H16F3N5O/c17-16(18,19)14-10-5-1-2-7-12(10)24(23-14)9-13(25)22-15(20)11-6-3-4-8-21-11/h3-4,6,8H,1-2,5,7,9H2,(H2,20,22,25)/p+1. The summed E-state index contributed by atoms with van der Waals surface area (Å²) in [5, 5.41) is 3.65. The minimum absolute atomic E-state index is 0.0441. The molecule has 3 rings (SSSR count). The minimum Gasteiger partial charge on any atom is -0.285 e. The molecule has 0 aromatic carbocycles. The summed E-state index contributed by atoms with van der Waals surface area (Å²) < 4.78 is 40.6. The number of nitrogen functional groups attached to an aromatic ring is 1. The van der Waals surface area contributed by atoms with Gasteiger partial charge in [0.15, 0.2) is 11.4 Å². The van der Waals surface area contributed by atoms with Gasteiger partial charge in [0.2, 0.25) is 0 Å². The van der Waals surface area contributed by atoms with Crippen LogP contribution in [0.15, 0.2) is 24.4 Å². The zero-order chi connectivity index (χ0) is 18.0. The fourth-order valence-electron chi connectivity index (χ4n) is 2.94. The Hall–Kier alpha value is -2.71. The first-order chi connectivity index (χ1) is 11.9. The van der Waals surface area contributed by atoms with Gasteiger partial charge in [-0.2, -0.15) is 18.3 Å². The second-order valence-corrected chi connectivity index (χ2v) is 5.81. The first-order valence-corrected chi connectivity index (χ1v) is 7.85. The number of carbonyl (C=O) groups excluding carboxylic acids is 1. The summed E-state index contributed by atoms with van der Waals surface area (Å²) in [5.41, 5.74) is 5.95. The quantitative estimate of drug-likeness (QED) is 0.610. The Balaban J connectivity index is 1.86. The normalized spacial score (nSPS) is 15.1. The number of nitrogens with zero attached hydrogens (tertiary/aromatic N) is 3. The fourth-order valence-corrected chi connectivity index (χ4v) is 2.94. The van der Waals surface area contributed by atoms with Crippen LogP contribution in [0.4, 0.5) is 13.2 Å². The van der Waals surface area contributed by atoms with E-state index in [0.29, 0.717) is 30.7 Å². The molecule has 132 valence electrons. The summed E-state index contributed by atoms with van der Waals surface area (Å²) in [6, 6.07) is 5.03. The third-order valence-electron chi connectivity index (χ3n) is 4.03. The van der Waals surface area contributed by atoms with Crippen LogP contribution in [0.1, 0.15) is 35.5 Å². The highest BCUT2D eigenvalue weighted by molar-refractivity contribution is 5.93. The summed E-state index contributed by atoms with van der Waals surface area (Å²) in [5.74, 6) is -0.504. The van der Waals surface area contributed by atoms with Gasteiger partial charge in [0.05, 0.1) is 0 Å². The zero-order valence-electron chi connectivity index (χ0n) is 13.3. The maximum absolute atomic E-state index is 13.1. The average molecular weight is 352 g/mol. The molecule has 25 heavy (non-hydrogen) atoms. The minimum atomic E-state index is -4.53. The van der Waals surface area contributed by atoms with Crippen molar-refractivity contribution in [2.75, 3.05) is 0 Å². The number of nitrogens with one attached hydrogen (secondary N) is 1. The van der Waals surface area contributed by atoms with E-state index in [1.807, 2.05) is 0 Å². The van der Waals surface area contributed by atoms with Gasteiger partial charge in [0, 0.05) is 17.5 Å². The van der Waals surface area contributed by atoms with Crippen molar-refractivity contribution in [2.45, 2.75) is 38.4 Å². The fraction of sp³-hybridized carbons (Fsp3) is 0.375. The second-order valence-electron chi connectivity index (χ2n) is 5.81. The summed E-state index contributed by atoms with van der Waals surface area (Å²) in [4.78, 5) is 18.6. The van der Waals surface area contributed by atoms with Crippen LogP contribution < -0.4 is 10.7 Å². The van der Waals surface area contributed by atoms with Crippen LogP contribution in [0.5, 0.6) is 0 Å². The Morgan fingerprint density at radius 2 is 2.04 bits per heavy atom. The molecule has 0 fully saturated rings. The molecule has 1 aliphatic carbocycles. The lowest BCUT2D eigenvalue weighted by molar-refractivity contribution is -0.379. The van der Waals surface area contributed by atoms with Crippen LogP contribution >= 0.6 is 0 Å². The molecule has 2 aromatic rings. The molecule has 0 radical (unpaired) electrons. The number of carbonyl (C=O) groups is 1. The van der Waals surface area contributed by atoms with E-state index in [0.717, 1.165) is 11.1 Å². The van der Waals surface area contributed by atoms with E-state index in [4.69, 9.17) is 5.73 Å². The third kappa shape index (κ3) is 3.70. The highest BCUT2D eigenvalue weighted by atomic mass is 19.4. The number of hydrogen-bond donors (Lipinski definition) is 2. The number of hydrogen-bond acceptors (Lipinski definition) is 3. The predicted molar refractivity (Wildman–Crippen MR) is 82.4 cm³/mol. The van der Waals surface area contributed by atoms with Crippen molar-refractivity contribution < 1.29 is 23.0 Å². The van der Waals surface area contributed by atoms with Gasteiger partial charge in [-0.25, -0.2) is 14.8 Å². The van der Waals surface area contributed by atoms with Crippen LogP contribution in [0.3, 0.4) is 0 Å². The molecule has 0 spiro atoms. The van der Waals surface area contributed by atoms with E-state index in [1.54, 1.807) is 18.2 Å². The topological polar surface area (TPSA) is 87.8 Å². The smallest absolute Gasteiger partial charge is 0.285 e. The summed E-state index contributed by atoms with van der Waals surface area (Å²) in [6.07, 6.45) is -0.733. The van der Waals surface area contributed by atoms with E-state index >= 15 is 0 Å². The molecule has 6 nitrogen and oxygen atoms in total. The highest BCUT2D eigenvalue weighted by Gasteiger charge is 2.39. The number of halogens is 3. The number of pyridine rings is 1. The number of amidine groups is 1. The lowest BCUT2D eigenvalue weighted by atomic mass is 9.95. The van der Waals surface area contributed by atoms with Crippen molar-refractivity contribution in [1.82, 2.24) is 14.8 Å². The molecule has 0 atom stereocenters. The summed E-state index contributed by atoms with van der Waals surface area (Å²) in [7, 11) is 0. The first-order valence-electron chi connectivity index (χ1n) is 7.85. The highest BCUT2D eigenvalue weighted by Crippen LogP contribution is 2.35. The number of aromatic nitrogens is 3. The Labute approximate surface area is 141 Å². The van der Waals surface area contributed by atoms with Gasteiger partial charge in [-0.3, -0.25) is 10.4 Å². The molecule has 1 aliphatic rings. The Bertz CT molecular complexity index is 811. The largest absolute Gasteiger partial charge is 0.435 e. The zero-order valence-corrected chi connectivity index (χ0v) is 13.3. The molecule has 2 heterocycles. The lowest BCUT2D eigenvalue weighted by Gasteiger charge is -2.13. The molecule has 3 N–H and O–H groups in total. The van der Waals surface area contributed by atoms with E-state index in [2.05, 4.69) is 15.1 Å². The molecular weight excluding hydrogens is 335 g/mol. The van der Waals surface area contributed by atoms with Gasteiger partial charge in [0.1, 0.15) is 6.54 Å². The summed E-state index contributed by atoms with van der Waals surface area (Å²) in [6.45, 7) is -0.327. The monoisotopic (exact) mass is 352 g/mol. The van der Waals surface area contributed by atoms with Crippen LogP contribution in [0, 0.1) is 0 Å². The molecule has 2 aromatic heterocycles. The first kappa shape index (κ1) is 17.1. The molecular formula is C16H17F3N5O+. The number of nitrogens with two attached hydrogens (primary N) is 1. The van der Waals surface area contributed by atoms with Crippen LogP contribution in [-0.2, 0) is 30.4 Å². The molecule has 0 aliphatic heterocycles. The maximum atomic E-state index is 13.1. The number of alkyl halides is 3. The third-order valence-corrected chi connectivity index (χ3v) is 4.03. The number of fused-ring (bicyclic) bond motifs is 1. The van der Waals surface area contributed by atoms with Crippen molar-refractivity contribution >= 4 is 11.7 Å². The van der Waals surface area contributed by atoms with Crippen molar-refractivity contribution in [3.8, 4) is 0 Å². The van der Waals surface area contributed by atoms with Crippen LogP contribution in [0.25, 0.3) is 0 Å². The van der Waals surface area contributed by atoms with E-state index in [1.165, 1.54) is 6.20 Å². The van der Waals surface area contributed by atoms with Gasteiger partial charge in [0.25, 0.3) is 5.84 Å². The van der Waals surface area contributed by atoms with Crippen molar-refractivity contribution in [2.24, 2.45) is 5.73 Å². The second kappa shape index (κ2) is 6.66. The van der Waals surface area contributed by atoms with Crippen LogP contribution in [-0.4, -0.2) is 26.5 Å². The van der Waals surface area contributed by atoms with Crippen molar-refractivity contribution in [1.29, 1.82) is 0 Å². The molecule has 0 saturated heterocycles. The molecule has 0 saturated carbocycles. The Kier molecular flexibility index (Phi) is 4.56. The average Bonchev–Trinajstić information content (AvgIpc) is 2.94. The van der Waals surface area contributed by atoms with Gasteiger partial charge >= 0.3 is 12.1 Å². The number of amides is 1. The molecule has 0 unspecified atom stereocenters. The lowest BCUT2D eigenvalue weighted by Crippen LogP contribution is -2.80. The molecule has 0 bridgehead atoms. The molecule has 9 heteroatoms. The molecule has 1 amide bonds. The van der Waals surface area contributed by atoms with Crippen molar-refractivity contribution in [3.05, 3.63) is 47.0 Å². The summed E-state index contributed by atoms with van der Waals surface area (Å²) >= 11 is 0.